The maximum atomic E-state index is 4.94. The van der Waals surface area contributed by atoms with E-state index in [1.165, 1.54) is 38.8 Å². The van der Waals surface area contributed by atoms with E-state index in [2.05, 4.69) is 5.32 Å². The van der Waals surface area contributed by atoms with Gasteiger partial charge < -0.3 is 10.1 Å². The normalized spacial score (nSPS) is 24.0. The molecular formula is C8H17NO. The van der Waals surface area contributed by atoms with Gasteiger partial charge in [-0.2, -0.15) is 0 Å². The topological polar surface area (TPSA) is 21.3 Å². The van der Waals surface area contributed by atoms with Crippen molar-refractivity contribution in [3.63, 3.8) is 0 Å². The summed E-state index contributed by atoms with van der Waals surface area (Å²) in [6.45, 7) is 4.50. The second-order valence-electron chi connectivity index (χ2n) is 2.78. The van der Waals surface area contributed by atoms with Crippen molar-refractivity contribution in [2.45, 2.75) is 25.7 Å². The van der Waals surface area contributed by atoms with Crippen LogP contribution in [-0.2, 0) is 4.74 Å². The highest BCUT2D eigenvalue weighted by atomic mass is 16.5. The zero-order valence-corrected chi connectivity index (χ0v) is 6.57. The summed E-state index contributed by atoms with van der Waals surface area (Å²) in [6.07, 6.45) is 5.33. The van der Waals surface area contributed by atoms with Crippen LogP contribution in [0.3, 0.4) is 0 Å². The molecule has 0 spiro atoms. The smallest absolute Gasteiger partial charge is 0.0466 e. The molecule has 10 heavy (non-hydrogen) atoms. The average molecular weight is 143 g/mol. The SMILES string of the molecule is C1CCNC1.C1CCOC1. The van der Waals surface area contributed by atoms with Gasteiger partial charge in [0.05, 0.1) is 0 Å². The standard InChI is InChI=1S/C4H9N.C4H8O/c2*1-2-4-5-3-1/h5H,1-4H2;1-4H2. The largest absolute Gasteiger partial charge is 0.381 e. The van der Waals surface area contributed by atoms with E-state index in [4.69, 9.17) is 4.74 Å². The first-order valence-electron chi connectivity index (χ1n) is 4.28. The molecule has 2 aliphatic rings. The van der Waals surface area contributed by atoms with E-state index in [1.54, 1.807) is 0 Å². The van der Waals surface area contributed by atoms with Crippen molar-refractivity contribution in [1.29, 1.82) is 0 Å². The molecule has 0 aromatic carbocycles. The second-order valence-corrected chi connectivity index (χ2v) is 2.78. The molecule has 2 heteroatoms. The Kier molecular flexibility index (Phi) is 4.56. The van der Waals surface area contributed by atoms with Crippen LogP contribution in [0.4, 0.5) is 0 Å². The molecule has 0 bridgehead atoms. The summed E-state index contributed by atoms with van der Waals surface area (Å²) in [5, 5.41) is 3.22. The number of ether oxygens (including phenoxy) is 1. The van der Waals surface area contributed by atoms with Crippen LogP contribution in [0.2, 0.25) is 0 Å². The van der Waals surface area contributed by atoms with Crippen LogP contribution in [0, 0.1) is 0 Å². The van der Waals surface area contributed by atoms with Gasteiger partial charge in [0.25, 0.3) is 0 Å². The minimum atomic E-state index is 1.00. The lowest BCUT2D eigenvalue weighted by molar-refractivity contribution is 0.198. The highest BCUT2D eigenvalue weighted by molar-refractivity contribution is 4.55. The number of nitrogens with one attached hydrogen (secondary N) is 1. The van der Waals surface area contributed by atoms with E-state index in [-0.39, 0.29) is 0 Å². The predicted molar refractivity (Wildman–Crippen MR) is 42.2 cm³/mol. The van der Waals surface area contributed by atoms with Gasteiger partial charge in [0.2, 0.25) is 0 Å². The molecule has 1 N–H and O–H groups in total. The van der Waals surface area contributed by atoms with Crippen molar-refractivity contribution in [2.75, 3.05) is 26.3 Å². The van der Waals surface area contributed by atoms with Gasteiger partial charge in [-0.1, -0.05) is 0 Å². The Morgan fingerprint density at radius 2 is 1.40 bits per heavy atom. The third-order valence-electron chi connectivity index (χ3n) is 1.78. The van der Waals surface area contributed by atoms with Gasteiger partial charge in [0.1, 0.15) is 0 Å². The van der Waals surface area contributed by atoms with Crippen LogP contribution < -0.4 is 5.32 Å². The third-order valence-corrected chi connectivity index (χ3v) is 1.78. The monoisotopic (exact) mass is 143 g/mol. The van der Waals surface area contributed by atoms with Crippen LogP contribution in [-0.4, -0.2) is 26.3 Å². The van der Waals surface area contributed by atoms with E-state index in [1.807, 2.05) is 0 Å². The maximum Gasteiger partial charge on any atom is 0.0466 e. The molecular weight excluding hydrogens is 126 g/mol. The predicted octanol–water partition coefficient (Wildman–Crippen LogP) is 1.17. The van der Waals surface area contributed by atoms with Crippen molar-refractivity contribution < 1.29 is 4.74 Å². The molecule has 0 atom stereocenters. The Balaban J connectivity index is 0.0000001000. The first-order chi connectivity index (χ1) is 5.00. The van der Waals surface area contributed by atoms with Crippen molar-refractivity contribution in [2.24, 2.45) is 0 Å². The Labute approximate surface area is 63.0 Å². The van der Waals surface area contributed by atoms with Gasteiger partial charge >= 0.3 is 0 Å². The van der Waals surface area contributed by atoms with Gasteiger partial charge in [-0.05, 0) is 38.8 Å². The summed E-state index contributed by atoms with van der Waals surface area (Å²) >= 11 is 0. The van der Waals surface area contributed by atoms with Crippen molar-refractivity contribution in [1.82, 2.24) is 5.32 Å². The third kappa shape index (κ3) is 3.85. The van der Waals surface area contributed by atoms with Crippen molar-refractivity contribution in [3.8, 4) is 0 Å². The summed E-state index contributed by atoms with van der Waals surface area (Å²) in [5.41, 5.74) is 0. The summed E-state index contributed by atoms with van der Waals surface area (Å²) < 4.78 is 4.94. The van der Waals surface area contributed by atoms with Crippen molar-refractivity contribution >= 4 is 0 Å². The Morgan fingerprint density at radius 1 is 0.800 bits per heavy atom. The number of hydrogen-bond acceptors (Lipinski definition) is 2. The van der Waals surface area contributed by atoms with Gasteiger partial charge in [0, 0.05) is 13.2 Å². The fourth-order valence-electron chi connectivity index (χ4n) is 1.14. The molecule has 2 aliphatic heterocycles. The molecule has 0 radical (unpaired) electrons. The molecule has 2 nitrogen and oxygen atoms in total. The van der Waals surface area contributed by atoms with Crippen molar-refractivity contribution in [3.05, 3.63) is 0 Å². The van der Waals surface area contributed by atoms with E-state index in [9.17, 15) is 0 Å². The summed E-state index contributed by atoms with van der Waals surface area (Å²) in [6, 6.07) is 0. The zero-order valence-electron chi connectivity index (χ0n) is 6.57. The highest BCUT2D eigenvalue weighted by Gasteiger charge is 1.94. The summed E-state index contributed by atoms with van der Waals surface area (Å²) in [7, 11) is 0. The second kappa shape index (κ2) is 5.69. The molecule has 60 valence electrons. The number of rotatable bonds is 0. The molecule has 2 fully saturated rings. The minimum Gasteiger partial charge on any atom is -0.381 e. The van der Waals surface area contributed by atoms with Gasteiger partial charge in [-0.15, -0.1) is 0 Å². The van der Waals surface area contributed by atoms with Crippen LogP contribution in [0.15, 0.2) is 0 Å². The average Bonchev–Trinajstić information content (AvgIpc) is 2.67. The lowest BCUT2D eigenvalue weighted by Gasteiger charge is -1.76. The molecule has 0 aliphatic carbocycles. The lowest BCUT2D eigenvalue weighted by atomic mass is 10.4. The highest BCUT2D eigenvalue weighted by Crippen LogP contribution is 1.98. The van der Waals surface area contributed by atoms with E-state index < -0.39 is 0 Å². The van der Waals surface area contributed by atoms with Crippen LogP contribution in [0.5, 0.6) is 0 Å². The first kappa shape index (κ1) is 8.02. The van der Waals surface area contributed by atoms with Crippen LogP contribution in [0.1, 0.15) is 25.7 Å². The quantitative estimate of drug-likeness (QED) is 0.549. The van der Waals surface area contributed by atoms with Gasteiger partial charge in [-0.25, -0.2) is 0 Å². The van der Waals surface area contributed by atoms with E-state index in [0.717, 1.165) is 13.2 Å². The lowest BCUT2D eigenvalue weighted by Crippen LogP contribution is -2.03. The van der Waals surface area contributed by atoms with E-state index >= 15 is 0 Å². The number of hydrogen-bond donors (Lipinski definition) is 1. The zero-order chi connectivity index (χ0) is 7.07. The van der Waals surface area contributed by atoms with E-state index in [0.29, 0.717) is 0 Å². The molecule has 2 saturated heterocycles. The fourth-order valence-corrected chi connectivity index (χ4v) is 1.14. The molecule has 0 amide bonds. The molecule has 0 aromatic heterocycles. The molecule has 0 aromatic rings. The maximum absolute atomic E-state index is 4.94. The summed E-state index contributed by atoms with van der Waals surface area (Å²) in [4.78, 5) is 0. The summed E-state index contributed by atoms with van der Waals surface area (Å²) in [5.74, 6) is 0. The molecule has 2 rings (SSSR count). The first-order valence-corrected chi connectivity index (χ1v) is 4.28. The Hall–Kier alpha value is -0.0800. The van der Waals surface area contributed by atoms with Gasteiger partial charge in [0.15, 0.2) is 0 Å². The van der Waals surface area contributed by atoms with Crippen LogP contribution >= 0.6 is 0 Å². The van der Waals surface area contributed by atoms with Crippen LogP contribution in [0.25, 0.3) is 0 Å². The molecule has 0 unspecified atom stereocenters. The van der Waals surface area contributed by atoms with Gasteiger partial charge in [-0.3, -0.25) is 0 Å². The molecule has 0 saturated carbocycles. The Morgan fingerprint density at radius 3 is 1.60 bits per heavy atom. The fraction of sp³-hybridized carbons (Fsp3) is 1.00. The minimum absolute atomic E-state index is 1.00. The Bertz CT molecular complexity index is 42.4. The molecule has 2 heterocycles.